The molecule has 0 amide bonds. The van der Waals surface area contributed by atoms with Crippen molar-refractivity contribution in [3.05, 3.63) is 27.7 Å². The monoisotopic (exact) mass is 293 g/mol. The van der Waals surface area contributed by atoms with Crippen molar-refractivity contribution in [2.75, 3.05) is 7.05 Å². The van der Waals surface area contributed by atoms with Crippen LogP contribution in [0.15, 0.2) is 17.0 Å². The van der Waals surface area contributed by atoms with Crippen molar-refractivity contribution in [2.45, 2.75) is 29.5 Å². The first-order valence-electron chi connectivity index (χ1n) is 5.28. The Morgan fingerprint density at radius 3 is 2.47 bits per heavy atom. The van der Waals surface area contributed by atoms with Gasteiger partial charge in [-0.2, -0.15) is 0 Å². The van der Waals surface area contributed by atoms with Crippen LogP contribution < -0.4 is 5.32 Å². The van der Waals surface area contributed by atoms with Crippen molar-refractivity contribution in [2.24, 2.45) is 0 Å². The van der Waals surface area contributed by atoms with Crippen LogP contribution in [0.3, 0.4) is 0 Å². The van der Waals surface area contributed by atoms with Gasteiger partial charge in [-0.25, -0.2) is 8.42 Å². The maximum Gasteiger partial charge on any atom is 0.182 e. The lowest BCUT2D eigenvalue weighted by Gasteiger charge is -2.30. The number of fused-ring (bicyclic) bond motifs is 1. The number of rotatable bonds is 1. The molecule has 1 aromatic carbocycles. The van der Waals surface area contributed by atoms with Crippen LogP contribution in [0.2, 0.25) is 10.0 Å². The van der Waals surface area contributed by atoms with Gasteiger partial charge in [-0.1, -0.05) is 23.2 Å². The van der Waals surface area contributed by atoms with Gasteiger partial charge in [0.25, 0.3) is 0 Å². The average molecular weight is 294 g/mol. The molecule has 1 heterocycles. The third-order valence-electron chi connectivity index (χ3n) is 3.17. The Kier molecular flexibility index (Phi) is 3.42. The molecule has 2 rings (SSSR count). The van der Waals surface area contributed by atoms with E-state index in [-0.39, 0.29) is 16.0 Å². The minimum absolute atomic E-state index is 0.0743. The second-order valence-corrected chi connectivity index (χ2v) is 7.32. The zero-order valence-corrected chi connectivity index (χ0v) is 11.8. The summed E-state index contributed by atoms with van der Waals surface area (Å²) in [6.45, 7) is 1.69. The summed E-state index contributed by atoms with van der Waals surface area (Å²) in [5.74, 6) is 0. The molecule has 0 saturated carbocycles. The lowest BCUT2D eigenvalue weighted by Crippen LogP contribution is -2.33. The molecule has 1 aliphatic heterocycles. The largest absolute Gasteiger partial charge is 0.313 e. The van der Waals surface area contributed by atoms with Gasteiger partial charge >= 0.3 is 0 Å². The Hall–Kier alpha value is -0.290. The zero-order chi connectivity index (χ0) is 12.8. The maximum absolute atomic E-state index is 12.3. The Labute approximate surface area is 111 Å². The van der Waals surface area contributed by atoms with Crippen LogP contribution in [0, 0.1) is 0 Å². The van der Waals surface area contributed by atoms with Crippen LogP contribution in [-0.2, 0) is 9.84 Å². The van der Waals surface area contributed by atoms with Gasteiger partial charge < -0.3 is 5.32 Å². The van der Waals surface area contributed by atoms with Crippen molar-refractivity contribution in [3.8, 4) is 0 Å². The second-order valence-electron chi connectivity index (χ2n) is 4.20. The third kappa shape index (κ3) is 1.97. The molecule has 0 saturated heterocycles. The molecule has 6 heteroatoms. The molecular weight excluding hydrogens is 281 g/mol. The van der Waals surface area contributed by atoms with Crippen LogP contribution in [-0.4, -0.2) is 20.7 Å². The van der Waals surface area contributed by atoms with E-state index in [1.807, 2.05) is 0 Å². The van der Waals surface area contributed by atoms with E-state index in [4.69, 9.17) is 23.2 Å². The summed E-state index contributed by atoms with van der Waals surface area (Å²) in [6.07, 6.45) is 0.506. The molecule has 3 nitrogen and oxygen atoms in total. The van der Waals surface area contributed by atoms with E-state index in [1.54, 1.807) is 20.0 Å². The second kappa shape index (κ2) is 4.43. The normalized spacial score (nSPS) is 26.6. The standard InChI is InChI=1S/C11H13Cl2NO2S/c1-6-5-9(14-2)10-7(12)3-4-8(13)11(10)17(6,15)16/h3-4,6,9,14H,5H2,1-2H3. The van der Waals surface area contributed by atoms with E-state index in [1.165, 1.54) is 6.07 Å². The zero-order valence-electron chi connectivity index (χ0n) is 9.50. The van der Waals surface area contributed by atoms with Crippen molar-refractivity contribution >= 4 is 33.0 Å². The Bertz CT molecular complexity index is 557. The first-order chi connectivity index (χ1) is 7.89. The van der Waals surface area contributed by atoms with Crippen LogP contribution in [0.4, 0.5) is 0 Å². The van der Waals surface area contributed by atoms with Gasteiger partial charge in [0.05, 0.1) is 15.2 Å². The molecule has 17 heavy (non-hydrogen) atoms. The molecule has 2 atom stereocenters. The smallest absolute Gasteiger partial charge is 0.182 e. The van der Waals surface area contributed by atoms with Gasteiger partial charge in [-0.05, 0) is 32.5 Å². The van der Waals surface area contributed by atoms with E-state index >= 15 is 0 Å². The number of halogens is 2. The van der Waals surface area contributed by atoms with E-state index in [9.17, 15) is 8.42 Å². The highest BCUT2D eigenvalue weighted by molar-refractivity contribution is 7.92. The van der Waals surface area contributed by atoms with Gasteiger partial charge in [0, 0.05) is 16.6 Å². The van der Waals surface area contributed by atoms with Crippen LogP contribution in [0.25, 0.3) is 0 Å². The van der Waals surface area contributed by atoms with Crippen LogP contribution >= 0.6 is 23.2 Å². The number of hydrogen-bond donors (Lipinski definition) is 1. The molecule has 0 aromatic heterocycles. The van der Waals surface area contributed by atoms with Crippen LogP contribution in [0.5, 0.6) is 0 Å². The van der Waals surface area contributed by atoms with Gasteiger partial charge in [0.2, 0.25) is 0 Å². The number of hydrogen-bond acceptors (Lipinski definition) is 3. The fraction of sp³-hybridized carbons (Fsp3) is 0.455. The molecule has 0 spiro atoms. The van der Waals surface area contributed by atoms with E-state index in [0.29, 0.717) is 17.0 Å². The summed E-state index contributed by atoms with van der Waals surface area (Å²) in [5, 5.41) is 3.32. The highest BCUT2D eigenvalue weighted by Crippen LogP contribution is 2.43. The van der Waals surface area contributed by atoms with Gasteiger partial charge in [0.1, 0.15) is 0 Å². The van der Waals surface area contributed by atoms with Gasteiger partial charge in [-0.3, -0.25) is 0 Å². The Morgan fingerprint density at radius 1 is 1.29 bits per heavy atom. The van der Waals surface area contributed by atoms with E-state index in [2.05, 4.69) is 5.32 Å². The predicted molar refractivity (Wildman–Crippen MR) is 69.5 cm³/mol. The highest BCUT2D eigenvalue weighted by atomic mass is 35.5. The van der Waals surface area contributed by atoms with E-state index in [0.717, 1.165) is 0 Å². The molecular formula is C11H13Cl2NO2S. The Balaban J connectivity index is 2.81. The number of sulfone groups is 1. The summed E-state index contributed by atoms with van der Waals surface area (Å²) in [6, 6.07) is 3.10. The first-order valence-corrected chi connectivity index (χ1v) is 7.59. The molecule has 0 aliphatic carbocycles. The molecule has 1 aliphatic rings. The molecule has 0 fully saturated rings. The van der Waals surface area contributed by atoms with Crippen molar-refractivity contribution in [3.63, 3.8) is 0 Å². The van der Waals surface area contributed by atoms with Crippen LogP contribution in [0.1, 0.15) is 24.9 Å². The predicted octanol–water partition coefficient (Wildman–Crippen LogP) is 2.82. The molecule has 2 unspecified atom stereocenters. The maximum atomic E-state index is 12.3. The van der Waals surface area contributed by atoms with Crippen molar-refractivity contribution in [1.82, 2.24) is 5.32 Å². The fourth-order valence-electron chi connectivity index (χ4n) is 2.20. The van der Waals surface area contributed by atoms with E-state index < -0.39 is 15.1 Å². The topological polar surface area (TPSA) is 46.2 Å². The van der Waals surface area contributed by atoms with Crippen molar-refractivity contribution in [1.29, 1.82) is 0 Å². The molecule has 0 bridgehead atoms. The average Bonchev–Trinajstić information content (AvgIpc) is 2.27. The SMILES string of the molecule is CNC1CC(C)S(=O)(=O)c2c(Cl)ccc(Cl)c21. The summed E-state index contributed by atoms with van der Waals surface area (Å²) in [4.78, 5) is 0.185. The lowest BCUT2D eigenvalue weighted by molar-refractivity contribution is 0.494. The molecule has 1 N–H and O–H groups in total. The minimum atomic E-state index is -3.37. The molecule has 0 radical (unpaired) electrons. The van der Waals surface area contributed by atoms with Crippen molar-refractivity contribution < 1.29 is 8.42 Å². The Morgan fingerprint density at radius 2 is 1.88 bits per heavy atom. The van der Waals surface area contributed by atoms with Gasteiger partial charge in [0.15, 0.2) is 9.84 Å². The lowest BCUT2D eigenvalue weighted by atomic mass is 10.0. The quantitative estimate of drug-likeness (QED) is 0.866. The summed E-state index contributed by atoms with van der Waals surface area (Å²) in [7, 11) is -1.59. The van der Waals surface area contributed by atoms with Gasteiger partial charge in [-0.15, -0.1) is 0 Å². The first kappa shape index (κ1) is 13.1. The molecule has 1 aromatic rings. The summed E-state index contributed by atoms with van der Waals surface area (Å²) < 4.78 is 24.5. The third-order valence-corrected chi connectivity index (χ3v) is 6.19. The molecule has 94 valence electrons. The highest BCUT2D eigenvalue weighted by Gasteiger charge is 2.38. The number of nitrogens with one attached hydrogen (secondary N) is 1. The number of benzene rings is 1. The fourth-order valence-corrected chi connectivity index (χ4v) is 4.78. The summed E-state index contributed by atoms with van der Waals surface area (Å²) >= 11 is 12.1. The summed E-state index contributed by atoms with van der Waals surface area (Å²) in [5.41, 5.74) is 0.597. The minimum Gasteiger partial charge on any atom is -0.313 e.